The van der Waals surface area contributed by atoms with Crippen molar-refractivity contribution in [1.82, 2.24) is 9.97 Å². The molecular formula is C12H9ClN2O. The maximum Gasteiger partial charge on any atom is 0.141 e. The Morgan fingerprint density at radius 3 is 3.00 bits per heavy atom. The monoisotopic (exact) mass is 232 g/mol. The molecule has 0 unspecified atom stereocenters. The number of nitrogens with zero attached hydrogens (tertiary/aromatic N) is 1. The first-order chi connectivity index (χ1) is 7.88. The van der Waals surface area contributed by atoms with Gasteiger partial charge in [-0.25, -0.2) is 4.98 Å². The molecule has 0 fully saturated rings. The molecule has 1 N–H and O–H groups in total. The number of fused-ring (bicyclic) bond motifs is 1. The van der Waals surface area contributed by atoms with Gasteiger partial charge in [0.25, 0.3) is 0 Å². The van der Waals surface area contributed by atoms with Gasteiger partial charge in [0.15, 0.2) is 0 Å². The van der Waals surface area contributed by atoms with E-state index in [1.54, 1.807) is 12.5 Å². The lowest BCUT2D eigenvalue weighted by molar-refractivity contribution is 0.616. The molecule has 0 saturated carbocycles. The van der Waals surface area contributed by atoms with Crippen molar-refractivity contribution < 1.29 is 4.42 Å². The molecule has 3 rings (SSSR count). The summed E-state index contributed by atoms with van der Waals surface area (Å²) in [5.41, 5.74) is 2.73. The number of halogens is 1. The van der Waals surface area contributed by atoms with Crippen molar-refractivity contribution in [3.05, 3.63) is 42.4 Å². The Bertz CT molecular complexity index is 627. The zero-order valence-corrected chi connectivity index (χ0v) is 9.16. The molecule has 1 aromatic carbocycles. The molecule has 2 heterocycles. The Labute approximate surface area is 97.1 Å². The SMILES string of the molecule is ClCc1cnc(-c2coc3ccccc23)[nH]1. The Kier molecular flexibility index (Phi) is 2.18. The van der Waals surface area contributed by atoms with E-state index >= 15 is 0 Å². The van der Waals surface area contributed by atoms with Crippen molar-refractivity contribution in [3.8, 4) is 11.4 Å². The van der Waals surface area contributed by atoms with E-state index in [4.69, 9.17) is 16.0 Å². The normalized spacial score (nSPS) is 11.1. The van der Waals surface area contributed by atoms with Gasteiger partial charge in [-0.15, -0.1) is 11.6 Å². The van der Waals surface area contributed by atoms with Crippen LogP contribution in [-0.4, -0.2) is 9.97 Å². The minimum Gasteiger partial charge on any atom is -0.464 e. The maximum atomic E-state index is 5.73. The van der Waals surface area contributed by atoms with Gasteiger partial charge in [-0.05, 0) is 6.07 Å². The van der Waals surface area contributed by atoms with Gasteiger partial charge in [0, 0.05) is 17.3 Å². The van der Waals surface area contributed by atoms with E-state index in [1.807, 2.05) is 24.3 Å². The molecule has 4 heteroatoms. The zero-order valence-electron chi connectivity index (χ0n) is 8.40. The van der Waals surface area contributed by atoms with Gasteiger partial charge in [0.2, 0.25) is 0 Å². The summed E-state index contributed by atoms with van der Waals surface area (Å²) in [4.78, 5) is 7.43. The molecule has 0 atom stereocenters. The first kappa shape index (κ1) is 9.48. The zero-order chi connectivity index (χ0) is 11.0. The molecule has 0 saturated heterocycles. The molecule has 0 bridgehead atoms. The Morgan fingerprint density at radius 2 is 2.19 bits per heavy atom. The Hall–Kier alpha value is -1.74. The summed E-state index contributed by atoms with van der Waals surface area (Å²) in [6, 6.07) is 7.87. The van der Waals surface area contributed by atoms with Crippen LogP contribution in [0.1, 0.15) is 5.69 Å². The first-order valence-electron chi connectivity index (χ1n) is 4.95. The van der Waals surface area contributed by atoms with Crippen LogP contribution in [0.5, 0.6) is 0 Å². The van der Waals surface area contributed by atoms with Crippen molar-refractivity contribution in [2.24, 2.45) is 0 Å². The van der Waals surface area contributed by atoms with E-state index in [9.17, 15) is 0 Å². The molecule has 0 aliphatic heterocycles. The summed E-state index contributed by atoms with van der Waals surface area (Å²) in [5, 5.41) is 1.05. The highest BCUT2D eigenvalue weighted by molar-refractivity contribution is 6.16. The number of imidazole rings is 1. The summed E-state index contributed by atoms with van der Waals surface area (Å²) < 4.78 is 5.45. The van der Waals surface area contributed by atoms with Crippen LogP contribution in [0.25, 0.3) is 22.4 Å². The first-order valence-corrected chi connectivity index (χ1v) is 5.48. The number of aromatic nitrogens is 2. The quantitative estimate of drug-likeness (QED) is 0.687. The van der Waals surface area contributed by atoms with Crippen LogP contribution >= 0.6 is 11.6 Å². The number of nitrogens with one attached hydrogen (secondary N) is 1. The summed E-state index contributed by atoms with van der Waals surface area (Å²) >= 11 is 5.73. The third kappa shape index (κ3) is 1.41. The molecule has 3 nitrogen and oxygen atoms in total. The number of hydrogen-bond acceptors (Lipinski definition) is 2. The van der Waals surface area contributed by atoms with E-state index in [-0.39, 0.29) is 0 Å². The Balaban J connectivity index is 2.18. The maximum absolute atomic E-state index is 5.73. The molecule has 0 spiro atoms. The van der Waals surface area contributed by atoms with Crippen molar-refractivity contribution in [2.75, 3.05) is 0 Å². The van der Waals surface area contributed by atoms with Crippen LogP contribution in [0.15, 0.2) is 41.1 Å². The number of benzene rings is 1. The number of H-pyrrole nitrogens is 1. The van der Waals surface area contributed by atoms with Crippen LogP contribution in [-0.2, 0) is 5.88 Å². The van der Waals surface area contributed by atoms with E-state index in [0.29, 0.717) is 5.88 Å². The van der Waals surface area contributed by atoms with Crippen molar-refractivity contribution in [1.29, 1.82) is 0 Å². The third-order valence-electron chi connectivity index (χ3n) is 2.51. The summed E-state index contributed by atoms with van der Waals surface area (Å²) in [6.45, 7) is 0. The van der Waals surface area contributed by atoms with Gasteiger partial charge in [-0.3, -0.25) is 0 Å². The van der Waals surface area contributed by atoms with Gasteiger partial charge in [-0.2, -0.15) is 0 Å². The lowest BCUT2D eigenvalue weighted by atomic mass is 10.2. The molecule has 0 amide bonds. The highest BCUT2D eigenvalue weighted by atomic mass is 35.5. The molecule has 0 aliphatic rings. The molecular weight excluding hydrogens is 224 g/mol. The number of rotatable bonds is 2. The van der Waals surface area contributed by atoms with Crippen LogP contribution in [0.4, 0.5) is 0 Å². The minimum absolute atomic E-state index is 0.433. The smallest absolute Gasteiger partial charge is 0.141 e. The standard InChI is InChI=1S/C12H9ClN2O/c13-5-8-6-14-12(15-8)10-7-16-11-4-2-1-3-9(10)11/h1-4,6-7H,5H2,(H,14,15). The van der Waals surface area contributed by atoms with Crippen molar-refractivity contribution in [2.45, 2.75) is 5.88 Å². The predicted molar refractivity (Wildman–Crippen MR) is 63.4 cm³/mol. The van der Waals surface area contributed by atoms with Gasteiger partial charge >= 0.3 is 0 Å². The lowest BCUT2D eigenvalue weighted by Gasteiger charge is -1.92. The Morgan fingerprint density at radius 1 is 1.31 bits per heavy atom. The summed E-state index contributed by atoms with van der Waals surface area (Å²) in [6.07, 6.45) is 3.45. The number of hydrogen-bond donors (Lipinski definition) is 1. The summed E-state index contributed by atoms with van der Waals surface area (Å²) in [5.74, 6) is 1.23. The molecule has 80 valence electrons. The average molecular weight is 233 g/mol. The summed E-state index contributed by atoms with van der Waals surface area (Å²) in [7, 11) is 0. The van der Waals surface area contributed by atoms with Crippen LogP contribution in [0, 0.1) is 0 Å². The molecule has 0 radical (unpaired) electrons. The number of aromatic amines is 1. The lowest BCUT2D eigenvalue weighted by Crippen LogP contribution is -1.79. The van der Waals surface area contributed by atoms with Gasteiger partial charge < -0.3 is 9.40 Å². The molecule has 3 aromatic rings. The third-order valence-corrected chi connectivity index (χ3v) is 2.80. The van der Waals surface area contributed by atoms with Crippen LogP contribution in [0.2, 0.25) is 0 Å². The fourth-order valence-electron chi connectivity index (χ4n) is 1.73. The minimum atomic E-state index is 0.433. The average Bonchev–Trinajstić information content (AvgIpc) is 2.94. The van der Waals surface area contributed by atoms with E-state index < -0.39 is 0 Å². The van der Waals surface area contributed by atoms with Gasteiger partial charge in [0.05, 0.1) is 11.4 Å². The van der Waals surface area contributed by atoms with E-state index in [0.717, 1.165) is 28.1 Å². The fourth-order valence-corrected chi connectivity index (χ4v) is 1.86. The van der Waals surface area contributed by atoms with E-state index in [1.165, 1.54) is 0 Å². The molecule has 2 aromatic heterocycles. The predicted octanol–water partition coefficient (Wildman–Crippen LogP) is 3.56. The highest BCUT2D eigenvalue weighted by Crippen LogP contribution is 2.28. The van der Waals surface area contributed by atoms with Crippen molar-refractivity contribution in [3.63, 3.8) is 0 Å². The number of alkyl halides is 1. The fraction of sp³-hybridized carbons (Fsp3) is 0.0833. The van der Waals surface area contributed by atoms with Gasteiger partial charge in [0.1, 0.15) is 17.7 Å². The topological polar surface area (TPSA) is 41.8 Å². The second-order valence-electron chi connectivity index (χ2n) is 3.54. The van der Waals surface area contributed by atoms with Crippen molar-refractivity contribution >= 4 is 22.6 Å². The number of furan rings is 1. The van der Waals surface area contributed by atoms with Crippen LogP contribution in [0.3, 0.4) is 0 Å². The largest absolute Gasteiger partial charge is 0.464 e. The highest BCUT2D eigenvalue weighted by Gasteiger charge is 2.10. The number of para-hydroxylation sites is 1. The second-order valence-corrected chi connectivity index (χ2v) is 3.80. The van der Waals surface area contributed by atoms with Crippen LogP contribution < -0.4 is 0 Å². The molecule has 0 aliphatic carbocycles. The molecule has 16 heavy (non-hydrogen) atoms. The van der Waals surface area contributed by atoms with Gasteiger partial charge in [-0.1, -0.05) is 18.2 Å². The second kappa shape index (κ2) is 3.68. The van der Waals surface area contributed by atoms with E-state index in [2.05, 4.69) is 9.97 Å².